The highest BCUT2D eigenvalue weighted by molar-refractivity contribution is 5.79. The molecule has 1 aromatic carbocycles. The Hall–Kier alpha value is -1.42. The van der Waals surface area contributed by atoms with Crippen molar-refractivity contribution >= 4 is 5.91 Å². The minimum atomic E-state index is -1.65. The minimum absolute atomic E-state index is 0.0798. The number of carbonyl (C=O) groups excluding carboxylic acids is 1. The van der Waals surface area contributed by atoms with Crippen molar-refractivity contribution < 1.29 is 14.4 Å². The molecular weight excluding hydrogens is 185 g/mol. The van der Waals surface area contributed by atoms with Gasteiger partial charge in [0.25, 0.3) is 5.91 Å². The van der Waals surface area contributed by atoms with Crippen molar-refractivity contribution in [2.24, 2.45) is 0 Å². The Balaban J connectivity index is 2.38. The topological polar surface area (TPSA) is 49.3 Å². The molecule has 14 heavy (non-hydrogen) atoms. The fourth-order valence-electron chi connectivity index (χ4n) is 1.14. The maximum Gasteiger partial charge on any atom is 0.277 e. The number of nitrogens with one attached hydrogen (secondary N) is 1. The predicted molar refractivity (Wildman–Crippen MR) is 49.6 cm³/mol. The first kappa shape index (κ1) is 10.7. The van der Waals surface area contributed by atoms with Gasteiger partial charge in [0.1, 0.15) is 0 Å². The van der Waals surface area contributed by atoms with E-state index in [0.717, 1.165) is 5.56 Å². The highest BCUT2D eigenvalue weighted by Gasteiger charge is 2.15. The summed E-state index contributed by atoms with van der Waals surface area (Å²) in [6, 6.07) is 9.31. The maximum absolute atomic E-state index is 12.9. The van der Waals surface area contributed by atoms with Crippen LogP contribution in [0.4, 0.5) is 4.39 Å². The monoisotopic (exact) mass is 197 g/mol. The fraction of sp³-hybridized carbons (Fsp3) is 0.300. The molecule has 3 nitrogen and oxygen atoms in total. The number of rotatable bonds is 4. The van der Waals surface area contributed by atoms with Gasteiger partial charge in [0.15, 0.2) is 6.17 Å². The van der Waals surface area contributed by atoms with Crippen LogP contribution in [0.1, 0.15) is 12.0 Å². The van der Waals surface area contributed by atoms with Crippen molar-refractivity contribution in [2.75, 3.05) is 0 Å². The van der Waals surface area contributed by atoms with Gasteiger partial charge in [0.2, 0.25) is 0 Å². The molecule has 0 aromatic heterocycles. The Bertz CT molecular complexity index is 289. The summed E-state index contributed by atoms with van der Waals surface area (Å²) in [5.41, 5.74) is 2.26. The molecule has 0 spiro atoms. The van der Waals surface area contributed by atoms with E-state index in [1.807, 2.05) is 30.3 Å². The molecular formula is C10H12FNO2. The molecule has 1 atom stereocenters. The molecule has 0 saturated heterocycles. The smallest absolute Gasteiger partial charge is 0.277 e. The van der Waals surface area contributed by atoms with Gasteiger partial charge in [-0.05, 0) is 18.4 Å². The van der Waals surface area contributed by atoms with Crippen LogP contribution in [0.5, 0.6) is 0 Å². The normalized spacial score (nSPS) is 12.1. The van der Waals surface area contributed by atoms with Crippen LogP contribution < -0.4 is 5.48 Å². The Morgan fingerprint density at radius 1 is 1.43 bits per heavy atom. The van der Waals surface area contributed by atoms with Crippen LogP contribution in [0.3, 0.4) is 0 Å². The number of alkyl halides is 1. The van der Waals surface area contributed by atoms with Crippen molar-refractivity contribution in [1.29, 1.82) is 0 Å². The first-order valence-corrected chi connectivity index (χ1v) is 4.36. The minimum Gasteiger partial charge on any atom is -0.289 e. The highest BCUT2D eigenvalue weighted by atomic mass is 19.1. The summed E-state index contributed by atoms with van der Waals surface area (Å²) >= 11 is 0. The number of hydrogen-bond donors (Lipinski definition) is 2. The molecule has 4 heteroatoms. The SMILES string of the molecule is O=C(NO)C(F)CCc1ccccc1. The maximum atomic E-state index is 12.9. The molecule has 1 unspecified atom stereocenters. The predicted octanol–water partition coefficient (Wildman–Crippen LogP) is 1.46. The molecule has 0 aliphatic carbocycles. The Labute approximate surface area is 81.5 Å². The molecule has 0 aliphatic rings. The van der Waals surface area contributed by atoms with Crippen LogP contribution >= 0.6 is 0 Å². The standard InChI is InChI=1S/C10H12FNO2/c11-9(10(13)12-14)7-6-8-4-2-1-3-5-8/h1-5,9,14H,6-7H2,(H,12,13). The molecule has 0 heterocycles. The summed E-state index contributed by atoms with van der Waals surface area (Å²) in [5.74, 6) is -0.985. The van der Waals surface area contributed by atoms with E-state index in [1.54, 1.807) is 0 Å². The molecule has 0 radical (unpaired) electrons. The molecule has 0 aliphatic heterocycles. The lowest BCUT2D eigenvalue weighted by Crippen LogP contribution is -2.29. The van der Waals surface area contributed by atoms with Crippen LogP contribution in [0.15, 0.2) is 30.3 Å². The quantitative estimate of drug-likeness (QED) is 0.567. The van der Waals surface area contributed by atoms with Crippen molar-refractivity contribution in [1.82, 2.24) is 5.48 Å². The second-order valence-corrected chi connectivity index (χ2v) is 2.97. The zero-order chi connectivity index (χ0) is 10.4. The third-order valence-corrected chi connectivity index (χ3v) is 1.92. The first-order valence-electron chi connectivity index (χ1n) is 4.36. The second kappa shape index (κ2) is 5.34. The third-order valence-electron chi connectivity index (χ3n) is 1.92. The van der Waals surface area contributed by atoms with Gasteiger partial charge >= 0.3 is 0 Å². The van der Waals surface area contributed by atoms with Gasteiger partial charge in [0.05, 0.1) is 0 Å². The van der Waals surface area contributed by atoms with E-state index in [-0.39, 0.29) is 6.42 Å². The zero-order valence-electron chi connectivity index (χ0n) is 7.61. The molecule has 0 saturated carbocycles. The number of hydrogen-bond acceptors (Lipinski definition) is 2. The number of benzene rings is 1. The average molecular weight is 197 g/mol. The molecule has 0 fully saturated rings. The lowest BCUT2D eigenvalue weighted by atomic mass is 10.1. The Kier molecular flexibility index (Phi) is 4.07. The first-order chi connectivity index (χ1) is 6.74. The van der Waals surface area contributed by atoms with E-state index in [0.29, 0.717) is 6.42 Å². The Morgan fingerprint density at radius 3 is 2.64 bits per heavy atom. The summed E-state index contributed by atoms with van der Waals surface area (Å²) in [5, 5.41) is 8.16. The van der Waals surface area contributed by atoms with Crippen LogP contribution in [0, 0.1) is 0 Å². The summed E-state index contributed by atoms with van der Waals surface area (Å²) in [6.45, 7) is 0. The number of halogens is 1. The van der Waals surface area contributed by atoms with Crippen LogP contribution in [-0.4, -0.2) is 17.3 Å². The summed E-state index contributed by atoms with van der Waals surface area (Å²) in [6.07, 6.45) is -1.09. The third kappa shape index (κ3) is 3.14. The van der Waals surface area contributed by atoms with Crippen molar-refractivity contribution in [2.45, 2.75) is 19.0 Å². The number of hydroxylamine groups is 1. The number of amides is 1. The van der Waals surface area contributed by atoms with E-state index in [1.165, 1.54) is 5.48 Å². The summed E-state index contributed by atoms with van der Waals surface area (Å²) in [7, 11) is 0. The van der Waals surface area contributed by atoms with Gasteiger partial charge in [-0.2, -0.15) is 0 Å². The molecule has 1 aromatic rings. The number of carbonyl (C=O) groups is 1. The average Bonchev–Trinajstić information content (AvgIpc) is 2.26. The van der Waals surface area contributed by atoms with Gasteiger partial charge < -0.3 is 0 Å². The van der Waals surface area contributed by atoms with E-state index >= 15 is 0 Å². The van der Waals surface area contributed by atoms with Crippen molar-refractivity contribution in [3.63, 3.8) is 0 Å². The van der Waals surface area contributed by atoms with Crippen molar-refractivity contribution in [3.05, 3.63) is 35.9 Å². The molecule has 0 bridgehead atoms. The largest absolute Gasteiger partial charge is 0.289 e. The lowest BCUT2D eigenvalue weighted by Gasteiger charge is -2.05. The number of aryl methyl sites for hydroxylation is 1. The van der Waals surface area contributed by atoms with Gasteiger partial charge in [-0.3, -0.25) is 10.0 Å². The van der Waals surface area contributed by atoms with Gasteiger partial charge in [0, 0.05) is 0 Å². The fourth-order valence-corrected chi connectivity index (χ4v) is 1.14. The second-order valence-electron chi connectivity index (χ2n) is 2.97. The molecule has 1 amide bonds. The summed E-state index contributed by atoms with van der Waals surface area (Å²) < 4.78 is 12.9. The molecule has 1 rings (SSSR count). The van der Waals surface area contributed by atoms with E-state index < -0.39 is 12.1 Å². The van der Waals surface area contributed by atoms with E-state index in [2.05, 4.69) is 0 Å². The van der Waals surface area contributed by atoms with Crippen LogP contribution in [-0.2, 0) is 11.2 Å². The highest BCUT2D eigenvalue weighted by Crippen LogP contribution is 2.07. The van der Waals surface area contributed by atoms with E-state index in [9.17, 15) is 9.18 Å². The lowest BCUT2D eigenvalue weighted by molar-refractivity contribution is -0.134. The molecule has 2 N–H and O–H groups in total. The van der Waals surface area contributed by atoms with Gasteiger partial charge in [-0.15, -0.1) is 0 Å². The van der Waals surface area contributed by atoms with Gasteiger partial charge in [-0.25, -0.2) is 9.87 Å². The Morgan fingerprint density at radius 2 is 2.07 bits per heavy atom. The zero-order valence-corrected chi connectivity index (χ0v) is 7.61. The summed E-state index contributed by atoms with van der Waals surface area (Å²) in [4.78, 5) is 10.6. The molecule has 76 valence electrons. The van der Waals surface area contributed by atoms with Crippen molar-refractivity contribution in [3.8, 4) is 0 Å². The van der Waals surface area contributed by atoms with E-state index in [4.69, 9.17) is 5.21 Å². The van der Waals surface area contributed by atoms with Crippen LogP contribution in [0.2, 0.25) is 0 Å². The van der Waals surface area contributed by atoms with Crippen LogP contribution in [0.25, 0.3) is 0 Å². The van der Waals surface area contributed by atoms with Gasteiger partial charge in [-0.1, -0.05) is 30.3 Å².